The minimum absolute atomic E-state index is 0.0944. The van der Waals surface area contributed by atoms with Gasteiger partial charge in [-0.25, -0.2) is 14.4 Å². The number of piperazine rings is 1. The number of amides is 4. The van der Waals surface area contributed by atoms with Gasteiger partial charge in [-0.15, -0.1) is 0 Å². The molecule has 0 aromatic heterocycles. The lowest BCUT2D eigenvalue weighted by Crippen LogP contribution is -2.67. The van der Waals surface area contributed by atoms with Crippen molar-refractivity contribution in [1.29, 1.82) is 0 Å². The topological polar surface area (TPSA) is 96.8 Å². The van der Waals surface area contributed by atoms with Crippen molar-refractivity contribution in [2.45, 2.75) is 31.0 Å². The first-order valence-electron chi connectivity index (χ1n) is 14.3. The van der Waals surface area contributed by atoms with Crippen LogP contribution in [0, 0.1) is 0 Å². The summed E-state index contributed by atoms with van der Waals surface area (Å²) in [5.74, 6) is -1.14. The summed E-state index contributed by atoms with van der Waals surface area (Å²) in [5, 5.41) is 10.6. The van der Waals surface area contributed by atoms with Crippen LogP contribution < -0.4 is 9.80 Å². The number of para-hydroxylation sites is 5. The highest BCUT2D eigenvalue weighted by Crippen LogP contribution is 2.42. The molecule has 3 aliphatic rings. The van der Waals surface area contributed by atoms with Crippen LogP contribution in [0.25, 0.3) is 0 Å². The summed E-state index contributed by atoms with van der Waals surface area (Å²) >= 11 is 0. The van der Waals surface area contributed by atoms with Crippen molar-refractivity contribution in [2.75, 3.05) is 16.3 Å². The van der Waals surface area contributed by atoms with Gasteiger partial charge >= 0.3 is 18.0 Å². The molecular formula is C34H29N5O4. The van der Waals surface area contributed by atoms with Gasteiger partial charge in [-0.1, -0.05) is 66.7 Å². The Balaban J connectivity index is 1.27. The molecule has 4 amide bonds. The summed E-state index contributed by atoms with van der Waals surface area (Å²) in [6.07, 6.45) is 2.79. The quantitative estimate of drug-likeness (QED) is 0.301. The van der Waals surface area contributed by atoms with Crippen molar-refractivity contribution in [3.63, 3.8) is 0 Å². The number of carbonyl (C=O) groups excluding carboxylic acids is 2. The molecule has 0 unspecified atom stereocenters. The van der Waals surface area contributed by atoms with Gasteiger partial charge in [-0.3, -0.25) is 14.8 Å². The SMILES string of the molecule is O=C(O)[C@@H]1[C@H]2CC[C@@H](CN1C(=O)N1c3ccccc3C=Nc3ccccc31)N2C(=O)N(c1ccccc1)c1ccccc1. The maximum absolute atomic E-state index is 14.5. The minimum Gasteiger partial charge on any atom is -0.480 e. The summed E-state index contributed by atoms with van der Waals surface area (Å²) in [6, 6.07) is 30.4. The summed E-state index contributed by atoms with van der Waals surface area (Å²) in [4.78, 5) is 52.8. The van der Waals surface area contributed by atoms with Crippen LogP contribution in [0.1, 0.15) is 18.4 Å². The second-order valence-corrected chi connectivity index (χ2v) is 10.9. The van der Waals surface area contributed by atoms with Gasteiger partial charge in [0, 0.05) is 18.3 Å². The average Bonchev–Trinajstić information content (AvgIpc) is 3.23. The number of urea groups is 2. The van der Waals surface area contributed by atoms with E-state index in [9.17, 15) is 19.5 Å². The van der Waals surface area contributed by atoms with Crippen molar-refractivity contribution in [3.8, 4) is 0 Å². The van der Waals surface area contributed by atoms with Crippen LogP contribution in [0.15, 0.2) is 114 Å². The average molecular weight is 572 g/mol. The standard InChI is InChI=1S/C34H29N5O4/c40-32(41)31-30-20-19-26(38(30)34(43)37(24-12-3-1-4-13-24)25-14-5-2-6-15-25)22-36(31)33(42)39-28-17-9-7-11-23(28)21-35-27-16-8-10-18-29(27)39/h1-18,21,26,30-31H,19-20,22H2,(H,40,41)/t26-,30+,31-/m0/s1. The molecule has 3 heterocycles. The number of hydrogen-bond donors (Lipinski definition) is 1. The Labute approximate surface area is 248 Å². The van der Waals surface area contributed by atoms with Gasteiger partial charge in [0.05, 0.1) is 40.5 Å². The number of aliphatic carboxylic acids is 1. The number of rotatable bonds is 3. The van der Waals surface area contributed by atoms with Gasteiger partial charge in [-0.05, 0) is 55.3 Å². The molecule has 2 saturated heterocycles. The lowest BCUT2D eigenvalue weighted by molar-refractivity contribution is -0.145. The van der Waals surface area contributed by atoms with Crippen molar-refractivity contribution in [1.82, 2.24) is 9.80 Å². The Kier molecular flexibility index (Phi) is 6.62. The third-order valence-electron chi connectivity index (χ3n) is 8.43. The molecule has 3 aliphatic heterocycles. The van der Waals surface area contributed by atoms with Crippen molar-refractivity contribution >= 4 is 52.7 Å². The predicted octanol–water partition coefficient (Wildman–Crippen LogP) is 6.57. The molecule has 1 N–H and O–H groups in total. The predicted molar refractivity (Wildman–Crippen MR) is 165 cm³/mol. The van der Waals surface area contributed by atoms with Crippen LogP contribution >= 0.6 is 0 Å². The first-order valence-corrected chi connectivity index (χ1v) is 14.3. The van der Waals surface area contributed by atoms with Gasteiger partial charge in [0.15, 0.2) is 6.04 Å². The minimum atomic E-state index is -1.23. The lowest BCUT2D eigenvalue weighted by atomic mass is 10.0. The van der Waals surface area contributed by atoms with Crippen LogP contribution in [0.4, 0.5) is 38.0 Å². The molecule has 0 saturated carbocycles. The van der Waals surface area contributed by atoms with Gasteiger partial charge in [0.25, 0.3) is 0 Å². The Morgan fingerprint density at radius 2 is 1.35 bits per heavy atom. The number of carboxylic acid groups (broad SMARTS) is 1. The van der Waals surface area contributed by atoms with Crippen LogP contribution in [0.3, 0.4) is 0 Å². The highest BCUT2D eigenvalue weighted by Gasteiger charge is 2.54. The molecule has 7 rings (SSSR count). The molecule has 43 heavy (non-hydrogen) atoms. The summed E-state index contributed by atoms with van der Waals surface area (Å²) in [7, 11) is 0. The fourth-order valence-corrected chi connectivity index (χ4v) is 6.55. The Morgan fingerprint density at radius 1 is 0.744 bits per heavy atom. The van der Waals surface area contributed by atoms with Crippen molar-refractivity contribution in [3.05, 3.63) is 115 Å². The molecule has 4 aromatic carbocycles. The smallest absolute Gasteiger partial charge is 0.330 e. The van der Waals surface area contributed by atoms with E-state index in [1.165, 1.54) is 4.90 Å². The monoisotopic (exact) mass is 571 g/mol. The number of carbonyl (C=O) groups is 3. The van der Waals surface area contributed by atoms with Crippen LogP contribution in [-0.4, -0.2) is 63.8 Å². The lowest BCUT2D eigenvalue weighted by Gasteiger charge is -2.47. The molecule has 3 atom stereocenters. The van der Waals surface area contributed by atoms with Gasteiger partial charge in [-0.2, -0.15) is 0 Å². The molecule has 9 nitrogen and oxygen atoms in total. The zero-order valence-corrected chi connectivity index (χ0v) is 23.2. The third kappa shape index (κ3) is 4.50. The van der Waals surface area contributed by atoms with Crippen molar-refractivity contribution < 1.29 is 19.5 Å². The second kappa shape index (κ2) is 10.8. The summed E-state index contributed by atoms with van der Waals surface area (Å²) in [6.45, 7) is 0.0944. The first-order chi connectivity index (χ1) is 21.0. The highest BCUT2D eigenvalue weighted by atomic mass is 16.4. The van der Waals surface area contributed by atoms with Gasteiger partial charge in [0.2, 0.25) is 0 Å². The molecule has 2 bridgehead atoms. The largest absolute Gasteiger partial charge is 0.480 e. The van der Waals surface area contributed by atoms with Crippen molar-refractivity contribution in [2.24, 2.45) is 4.99 Å². The molecule has 4 aromatic rings. The fraction of sp³-hybridized carbons (Fsp3) is 0.176. The van der Waals surface area contributed by atoms with Gasteiger partial charge in [0.1, 0.15) is 0 Å². The number of benzene rings is 4. The molecule has 0 aliphatic carbocycles. The first kappa shape index (κ1) is 26.5. The van der Waals surface area contributed by atoms with Crippen LogP contribution in [0.2, 0.25) is 0 Å². The van der Waals surface area contributed by atoms with E-state index in [0.717, 1.165) is 5.56 Å². The molecule has 0 radical (unpaired) electrons. The molecule has 9 heteroatoms. The van der Waals surface area contributed by atoms with Crippen LogP contribution in [-0.2, 0) is 4.79 Å². The Hall–Kier alpha value is -5.44. The molecule has 2 fully saturated rings. The van der Waals surface area contributed by atoms with E-state index >= 15 is 0 Å². The fourth-order valence-electron chi connectivity index (χ4n) is 6.55. The maximum Gasteiger partial charge on any atom is 0.330 e. The number of likely N-dealkylation sites (tertiary alicyclic amines) is 1. The van der Waals surface area contributed by atoms with E-state index in [4.69, 9.17) is 0 Å². The molecule has 0 spiro atoms. The number of aliphatic imine (C=N–C) groups is 1. The molecular weight excluding hydrogens is 542 g/mol. The van der Waals surface area contributed by atoms with E-state index in [2.05, 4.69) is 4.99 Å². The second-order valence-electron chi connectivity index (χ2n) is 10.9. The summed E-state index contributed by atoms with van der Waals surface area (Å²) in [5.41, 5.74) is 3.91. The number of nitrogens with zero attached hydrogens (tertiary/aromatic N) is 5. The van der Waals surface area contributed by atoms with Gasteiger partial charge < -0.3 is 14.9 Å². The zero-order valence-electron chi connectivity index (χ0n) is 23.2. The normalized spacial score (nSPS) is 20.2. The number of anilines is 4. The summed E-state index contributed by atoms with van der Waals surface area (Å²) < 4.78 is 0. The Morgan fingerprint density at radius 3 is 2.02 bits per heavy atom. The maximum atomic E-state index is 14.5. The zero-order chi connectivity index (χ0) is 29.5. The van der Waals surface area contributed by atoms with E-state index < -0.39 is 24.1 Å². The van der Waals surface area contributed by atoms with E-state index in [1.54, 1.807) is 20.9 Å². The van der Waals surface area contributed by atoms with E-state index in [1.807, 2.05) is 109 Å². The Bertz CT molecular complexity index is 1640. The number of fused-ring (bicyclic) bond motifs is 4. The van der Waals surface area contributed by atoms with Crippen LogP contribution in [0.5, 0.6) is 0 Å². The van der Waals surface area contributed by atoms with E-state index in [0.29, 0.717) is 41.3 Å². The number of hydrogen-bond acceptors (Lipinski definition) is 4. The van der Waals surface area contributed by atoms with E-state index in [-0.39, 0.29) is 18.6 Å². The third-order valence-corrected chi connectivity index (χ3v) is 8.43. The highest BCUT2D eigenvalue weighted by molar-refractivity contribution is 6.09. The number of carboxylic acids is 1. The molecule has 214 valence electrons.